The average Bonchev–Trinajstić information content (AvgIpc) is 2.74. The first kappa shape index (κ1) is 26.6. The van der Waals surface area contributed by atoms with Gasteiger partial charge in [-0.2, -0.15) is 0 Å². The van der Waals surface area contributed by atoms with E-state index in [1.165, 1.54) is 64.2 Å². The summed E-state index contributed by atoms with van der Waals surface area (Å²) < 4.78 is 11.1. The SMILES string of the molecule is CCCCCCCCCCOc1ccc(NC(=O)OCCN2CCCCC2)cc1.Cl. The van der Waals surface area contributed by atoms with Crippen LogP contribution >= 0.6 is 12.4 Å². The summed E-state index contributed by atoms with van der Waals surface area (Å²) in [6, 6.07) is 7.51. The Kier molecular flexibility index (Phi) is 15.3. The van der Waals surface area contributed by atoms with Crippen LogP contribution in [0.25, 0.3) is 0 Å². The van der Waals surface area contributed by atoms with Crippen LogP contribution in [-0.2, 0) is 4.74 Å². The van der Waals surface area contributed by atoms with Crippen molar-refractivity contribution in [2.45, 2.75) is 77.6 Å². The number of anilines is 1. The molecule has 0 saturated carbocycles. The topological polar surface area (TPSA) is 50.8 Å². The van der Waals surface area contributed by atoms with Crippen molar-refractivity contribution in [2.75, 3.05) is 38.2 Å². The number of amides is 1. The standard InChI is InChI=1S/C24H40N2O3.ClH/c1-2-3-4-5-6-7-8-12-20-28-23-15-13-22(14-16-23)25-24(27)29-21-19-26-17-10-9-11-18-26;/h13-16H,2-12,17-21H2,1H3,(H,25,27);1H. The average molecular weight is 441 g/mol. The van der Waals surface area contributed by atoms with E-state index in [4.69, 9.17) is 9.47 Å². The Hall–Kier alpha value is -1.46. The normalized spacial score (nSPS) is 14.0. The summed E-state index contributed by atoms with van der Waals surface area (Å²) in [4.78, 5) is 14.3. The van der Waals surface area contributed by atoms with Gasteiger partial charge >= 0.3 is 6.09 Å². The van der Waals surface area contributed by atoms with Gasteiger partial charge in [-0.25, -0.2) is 4.79 Å². The van der Waals surface area contributed by atoms with Crippen molar-refractivity contribution >= 4 is 24.2 Å². The second-order valence-corrected chi connectivity index (χ2v) is 8.01. The maximum atomic E-state index is 11.9. The molecular weight excluding hydrogens is 400 g/mol. The number of halogens is 1. The minimum Gasteiger partial charge on any atom is -0.494 e. The minimum absolute atomic E-state index is 0. The lowest BCUT2D eigenvalue weighted by atomic mass is 10.1. The molecule has 1 saturated heterocycles. The molecule has 1 aromatic rings. The Morgan fingerprint density at radius 2 is 1.53 bits per heavy atom. The van der Waals surface area contributed by atoms with Gasteiger partial charge in [-0.3, -0.25) is 10.2 Å². The first-order valence-electron chi connectivity index (χ1n) is 11.7. The number of nitrogens with one attached hydrogen (secondary N) is 1. The molecule has 0 aliphatic carbocycles. The van der Waals surface area contributed by atoms with E-state index < -0.39 is 6.09 Å². The number of benzene rings is 1. The summed E-state index contributed by atoms with van der Waals surface area (Å²) in [5.41, 5.74) is 0.729. The molecule has 1 aromatic carbocycles. The summed E-state index contributed by atoms with van der Waals surface area (Å²) in [6.07, 6.45) is 13.8. The van der Waals surface area contributed by atoms with Crippen LogP contribution in [0.1, 0.15) is 77.6 Å². The van der Waals surface area contributed by atoms with Crippen LogP contribution in [0.4, 0.5) is 10.5 Å². The van der Waals surface area contributed by atoms with Gasteiger partial charge in [-0.1, -0.05) is 58.3 Å². The molecule has 0 unspecified atom stereocenters. The van der Waals surface area contributed by atoms with Gasteiger partial charge in [0.1, 0.15) is 12.4 Å². The quantitative estimate of drug-likeness (QED) is 0.328. The number of rotatable bonds is 14. The summed E-state index contributed by atoms with van der Waals surface area (Å²) in [6.45, 7) is 6.49. The number of hydrogen-bond donors (Lipinski definition) is 1. The van der Waals surface area contributed by atoms with Crippen LogP contribution in [0.3, 0.4) is 0 Å². The minimum atomic E-state index is -0.394. The molecule has 1 aliphatic heterocycles. The second-order valence-electron chi connectivity index (χ2n) is 8.01. The molecule has 0 atom stereocenters. The monoisotopic (exact) mass is 440 g/mol. The zero-order valence-corrected chi connectivity index (χ0v) is 19.5. The van der Waals surface area contributed by atoms with Crippen molar-refractivity contribution < 1.29 is 14.3 Å². The molecule has 0 bridgehead atoms. The predicted molar refractivity (Wildman–Crippen MR) is 127 cm³/mol. The van der Waals surface area contributed by atoms with Gasteiger partial charge in [0.05, 0.1) is 6.61 Å². The molecular formula is C24H41ClN2O3. The number of nitrogens with zero attached hydrogens (tertiary/aromatic N) is 1. The van der Waals surface area contributed by atoms with E-state index in [-0.39, 0.29) is 12.4 Å². The van der Waals surface area contributed by atoms with Crippen molar-refractivity contribution in [1.82, 2.24) is 4.90 Å². The lowest BCUT2D eigenvalue weighted by Crippen LogP contribution is -2.33. The molecule has 1 N–H and O–H groups in total. The summed E-state index contributed by atoms with van der Waals surface area (Å²) in [5.74, 6) is 0.844. The smallest absolute Gasteiger partial charge is 0.411 e. The molecule has 2 rings (SSSR count). The van der Waals surface area contributed by atoms with Crippen LogP contribution in [0.15, 0.2) is 24.3 Å². The van der Waals surface area contributed by atoms with Gasteiger partial charge < -0.3 is 9.47 Å². The maximum absolute atomic E-state index is 11.9. The fourth-order valence-electron chi connectivity index (χ4n) is 3.66. The fraction of sp³-hybridized carbons (Fsp3) is 0.708. The zero-order chi connectivity index (χ0) is 20.6. The highest BCUT2D eigenvalue weighted by Crippen LogP contribution is 2.17. The summed E-state index contributed by atoms with van der Waals surface area (Å²) in [7, 11) is 0. The zero-order valence-electron chi connectivity index (χ0n) is 18.7. The highest BCUT2D eigenvalue weighted by atomic mass is 35.5. The molecule has 1 aliphatic rings. The first-order valence-corrected chi connectivity index (χ1v) is 11.7. The Bertz CT molecular complexity index is 548. The second kappa shape index (κ2) is 17.2. The number of piperidine rings is 1. The van der Waals surface area contributed by atoms with Crippen molar-refractivity contribution in [3.63, 3.8) is 0 Å². The Morgan fingerprint density at radius 3 is 2.20 bits per heavy atom. The Balaban J connectivity index is 0.00000450. The highest BCUT2D eigenvalue weighted by Gasteiger charge is 2.10. The number of carbonyl (C=O) groups excluding carboxylic acids is 1. The number of likely N-dealkylation sites (tertiary alicyclic amines) is 1. The molecule has 172 valence electrons. The third-order valence-electron chi connectivity index (χ3n) is 5.46. The molecule has 1 heterocycles. The van der Waals surface area contributed by atoms with E-state index in [9.17, 15) is 4.79 Å². The van der Waals surface area contributed by atoms with Gasteiger partial charge in [0.15, 0.2) is 0 Å². The van der Waals surface area contributed by atoms with E-state index in [0.29, 0.717) is 6.61 Å². The molecule has 30 heavy (non-hydrogen) atoms. The molecule has 1 fully saturated rings. The van der Waals surface area contributed by atoms with Gasteiger partial charge in [0, 0.05) is 12.2 Å². The lowest BCUT2D eigenvalue weighted by molar-refractivity contribution is 0.131. The highest BCUT2D eigenvalue weighted by molar-refractivity contribution is 5.85. The van der Waals surface area contributed by atoms with Crippen LogP contribution in [0, 0.1) is 0 Å². The van der Waals surface area contributed by atoms with E-state index in [2.05, 4.69) is 17.1 Å². The van der Waals surface area contributed by atoms with Crippen LogP contribution < -0.4 is 10.1 Å². The number of hydrogen-bond acceptors (Lipinski definition) is 4. The van der Waals surface area contributed by atoms with Gasteiger partial charge in [0.2, 0.25) is 0 Å². The van der Waals surface area contributed by atoms with Crippen molar-refractivity contribution in [3.05, 3.63) is 24.3 Å². The van der Waals surface area contributed by atoms with Gasteiger partial charge in [-0.05, 0) is 56.6 Å². The largest absolute Gasteiger partial charge is 0.494 e. The third kappa shape index (κ3) is 12.3. The first-order chi connectivity index (χ1) is 14.3. The predicted octanol–water partition coefficient (Wildman–Crippen LogP) is 6.66. The lowest BCUT2D eigenvalue weighted by Gasteiger charge is -2.25. The molecule has 1 amide bonds. The maximum Gasteiger partial charge on any atom is 0.411 e. The number of ether oxygens (including phenoxy) is 2. The van der Waals surface area contributed by atoms with E-state index in [1.54, 1.807) is 0 Å². The number of unbranched alkanes of at least 4 members (excludes halogenated alkanes) is 7. The van der Waals surface area contributed by atoms with Crippen molar-refractivity contribution in [2.24, 2.45) is 0 Å². The molecule has 0 aromatic heterocycles. The number of carbonyl (C=O) groups is 1. The Morgan fingerprint density at radius 1 is 0.900 bits per heavy atom. The Labute approximate surface area is 189 Å². The van der Waals surface area contributed by atoms with Crippen LogP contribution in [0.5, 0.6) is 5.75 Å². The fourth-order valence-corrected chi connectivity index (χ4v) is 3.66. The van der Waals surface area contributed by atoms with E-state index in [1.807, 2.05) is 24.3 Å². The van der Waals surface area contributed by atoms with E-state index in [0.717, 1.165) is 44.1 Å². The summed E-state index contributed by atoms with van der Waals surface area (Å²) in [5, 5.41) is 2.78. The summed E-state index contributed by atoms with van der Waals surface area (Å²) >= 11 is 0. The molecule has 0 spiro atoms. The van der Waals surface area contributed by atoms with Gasteiger partial charge in [-0.15, -0.1) is 12.4 Å². The van der Waals surface area contributed by atoms with E-state index >= 15 is 0 Å². The third-order valence-corrected chi connectivity index (χ3v) is 5.46. The van der Waals surface area contributed by atoms with Gasteiger partial charge in [0.25, 0.3) is 0 Å². The molecule has 6 heteroatoms. The van der Waals surface area contributed by atoms with Crippen molar-refractivity contribution in [1.29, 1.82) is 0 Å². The van der Waals surface area contributed by atoms with Crippen molar-refractivity contribution in [3.8, 4) is 5.75 Å². The molecule has 0 radical (unpaired) electrons. The molecule has 5 nitrogen and oxygen atoms in total. The van der Waals surface area contributed by atoms with Crippen LogP contribution in [-0.4, -0.2) is 43.8 Å². The van der Waals surface area contributed by atoms with Crippen LogP contribution in [0.2, 0.25) is 0 Å².